The molecular weight excluding hydrogens is 418 g/mol. The molecule has 0 unspecified atom stereocenters. The van der Waals surface area contributed by atoms with Crippen molar-refractivity contribution in [3.8, 4) is 28.5 Å². The van der Waals surface area contributed by atoms with E-state index in [0.717, 1.165) is 45.2 Å². The summed E-state index contributed by atoms with van der Waals surface area (Å²) in [6.07, 6.45) is 4.51. The van der Waals surface area contributed by atoms with Gasteiger partial charge in [0.25, 0.3) is 0 Å². The Hall–Kier alpha value is -4.00. The zero-order chi connectivity index (χ0) is 23.2. The molecule has 0 bridgehead atoms. The fourth-order valence-electron chi connectivity index (χ4n) is 3.57. The third-order valence-corrected chi connectivity index (χ3v) is 5.43. The van der Waals surface area contributed by atoms with Gasteiger partial charge in [-0.15, -0.1) is 0 Å². The Morgan fingerprint density at radius 3 is 2.52 bits per heavy atom. The van der Waals surface area contributed by atoms with Crippen LogP contribution < -0.4 is 4.74 Å². The molecule has 0 saturated heterocycles. The Kier molecular flexibility index (Phi) is 6.78. The molecule has 1 N–H and O–H groups in total. The SMILES string of the molecule is Cc1cc(OCCc2nc(-c3ccc(-c4ccncn4)cc3)oc2C)ccc1CCC(=O)O. The molecule has 0 atom stereocenters. The fourth-order valence-corrected chi connectivity index (χ4v) is 3.57. The molecule has 2 aromatic carbocycles. The largest absolute Gasteiger partial charge is 0.493 e. The first-order valence-electron chi connectivity index (χ1n) is 10.8. The van der Waals surface area contributed by atoms with Crippen molar-refractivity contribution in [3.05, 3.63) is 83.6 Å². The Bertz CT molecular complexity index is 1230. The summed E-state index contributed by atoms with van der Waals surface area (Å²) < 4.78 is 11.8. The first kappa shape index (κ1) is 22.2. The second-order valence-electron chi connectivity index (χ2n) is 7.77. The average Bonchev–Trinajstić information content (AvgIpc) is 3.19. The molecule has 2 heterocycles. The summed E-state index contributed by atoms with van der Waals surface area (Å²) in [6.45, 7) is 4.34. The number of nitrogens with zero attached hydrogens (tertiary/aromatic N) is 3. The molecule has 2 aromatic heterocycles. The number of rotatable bonds is 9. The topological polar surface area (TPSA) is 98.3 Å². The van der Waals surface area contributed by atoms with Crippen LogP contribution in [-0.2, 0) is 17.6 Å². The summed E-state index contributed by atoms with van der Waals surface area (Å²) in [5, 5.41) is 8.86. The summed E-state index contributed by atoms with van der Waals surface area (Å²) in [5.41, 5.74) is 5.67. The van der Waals surface area contributed by atoms with Crippen LogP contribution in [0.2, 0.25) is 0 Å². The second-order valence-corrected chi connectivity index (χ2v) is 7.77. The monoisotopic (exact) mass is 443 g/mol. The van der Waals surface area contributed by atoms with E-state index < -0.39 is 5.97 Å². The van der Waals surface area contributed by atoms with E-state index in [2.05, 4.69) is 15.0 Å². The van der Waals surface area contributed by atoms with Gasteiger partial charge < -0.3 is 14.3 Å². The molecule has 4 aromatic rings. The highest BCUT2D eigenvalue weighted by atomic mass is 16.5. The van der Waals surface area contributed by atoms with Crippen molar-refractivity contribution in [2.45, 2.75) is 33.1 Å². The van der Waals surface area contributed by atoms with Gasteiger partial charge in [0.15, 0.2) is 0 Å². The average molecular weight is 444 g/mol. The van der Waals surface area contributed by atoms with Gasteiger partial charge in [0.05, 0.1) is 18.0 Å². The molecular formula is C26H25N3O4. The smallest absolute Gasteiger partial charge is 0.303 e. The third-order valence-electron chi connectivity index (χ3n) is 5.43. The van der Waals surface area contributed by atoms with Crippen LogP contribution in [0.25, 0.3) is 22.7 Å². The van der Waals surface area contributed by atoms with Gasteiger partial charge in [0.1, 0.15) is 17.8 Å². The number of hydrogen-bond donors (Lipinski definition) is 1. The van der Waals surface area contributed by atoms with Gasteiger partial charge in [-0.05, 0) is 61.7 Å². The first-order valence-corrected chi connectivity index (χ1v) is 10.8. The van der Waals surface area contributed by atoms with Crippen molar-refractivity contribution in [1.29, 1.82) is 0 Å². The molecule has 0 spiro atoms. The summed E-state index contributed by atoms with van der Waals surface area (Å²) in [7, 11) is 0. The maximum absolute atomic E-state index is 10.8. The lowest BCUT2D eigenvalue weighted by Crippen LogP contribution is -2.04. The molecule has 4 rings (SSSR count). The van der Waals surface area contributed by atoms with E-state index in [1.165, 1.54) is 6.33 Å². The first-order chi connectivity index (χ1) is 16.0. The van der Waals surface area contributed by atoms with E-state index in [-0.39, 0.29) is 6.42 Å². The van der Waals surface area contributed by atoms with Crippen molar-refractivity contribution < 1.29 is 19.1 Å². The number of aliphatic carboxylic acids is 1. The van der Waals surface area contributed by atoms with Crippen LogP contribution >= 0.6 is 0 Å². The summed E-state index contributed by atoms with van der Waals surface area (Å²) in [4.78, 5) is 23.7. The van der Waals surface area contributed by atoms with Crippen LogP contribution in [0.3, 0.4) is 0 Å². The van der Waals surface area contributed by atoms with Crippen LogP contribution in [0.1, 0.15) is 29.0 Å². The molecule has 0 saturated carbocycles. The minimum absolute atomic E-state index is 0.123. The maximum atomic E-state index is 10.8. The zero-order valence-electron chi connectivity index (χ0n) is 18.6. The van der Waals surface area contributed by atoms with Crippen LogP contribution in [0.5, 0.6) is 5.75 Å². The number of carboxylic acid groups (broad SMARTS) is 1. The maximum Gasteiger partial charge on any atom is 0.303 e. The fraction of sp³-hybridized carbons (Fsp3) is 0.231. The number of benzene rings is 2. The van der Waals surface area contributed by atoms with Crippen LogP contribution in [0.4, 0.5) is 0 Å². The minimum Gasteiger partial charge on any atom is -0.493 e. The quantitative estimate of drug-likeness (QED) is 0.386. The number of hydrogen-bond acceptors (Lipinski definition) is 6. The zero-order valence-corrected chi connectivity index (χ0v) is 18.6. The highest BCUT2D eigenvalue weighted by Gasteiger charge is 2.12. The van der Waals surface area contributed by atoms with Crippen LogP contribution in [0.15, 0.2) is 65.5 Å². The number of aryl methyl sites for hydroxylation is 3. The minimum atomic E-state index is -0.793. The third kappa shape index (κ3) is 5.63. The molecule has 7 heteroatoms. The Morgan fingerprint density at radius 1 is 1.03 bits per heavy atom. The van der Waals surface area contributed by atoms with Crippen molar-refractivity contribution in [2.24, 2.45) is 0 Å². The molecule has 33 heavy (non-hydrogen) atoms. The normalized spacial score (nSPS) is 10.8. The highest BCUT2D eigenvalue weighted by molar-refractivity contribution is 5.67. The number of oxazole rings is 1. The molecule has 0 aliphatic rings. The molecule has 7 nitrogen and oxygen atoms in total. The van der Waals surface area contributed by atoms with Crippen molar-refractivity contribution in [3.63, 3.8) is 0 Å². The lowest BCUT2D eigenvalue weighted by atomic mass is 10.0. The summed E-state index contributed by atoms with van der Waals surface area (Å²) in [5.74, 6) is 1.32. The number of ether oxygens (including phenoxy) is 1. The summed E-state index contributed by atoms with van der Waals surface area (Å²) in [6, 6.07) is 15.5. The molecule has 0 radical (unpaired) electrons. The standard InChI is InChI=1S/C26H25N3O4/c1-17-15-22(9-7-19(17)8-10-25(30)31)32-14-12-23-18(2)33-26(29-23)21-5-3-20(4-6-21)24-11-13-27-16-28-24/h3-7,9,11,13,15-16H,8,10,12,14H2,1-2H3,(H,30,31). The van der Waals surface area contributed by atoms with Gasteiger partial charge in [-0.1, -0.05) is 18.2 Å². The Balaban J connectivity index is 1.36. The lowest BCUT2D eigenvalue weighted by molar-refractivity contribution is -0.136. The van der Waals surface area contributed by atoms with Gasteiger partial charge in [0, 0.05) is 30.2 Å². The molecule has 0 aliphatic carbocycles. The van der Waals surface area contributed by atoms with Crippen molar-refractivity contribution >= 4 is 5.97 Å². The number of carboxylic acids is 1. The molecule has 0 fully saturated rings. The Morgan fingerprint density at radius 2 is 1.82 bits per heavy atom. The van der Waals surface area contributed by atoms with Gasteiger partial charge in [0.2, 0.25) is 5.89 Å². The molecule has 168 valence electrons. The Labute approximate surface area is 192 Å². The number of aromatic nitrogens is 3. The number of carbonyl (C=O) groups is 1. The van der Waals surface area contributed by atoms with E-state index >= 15 is 0 Å². The van der Waals surface area contributed by atoms with Gasteiger partial charge in [-0.25, -0.2) is 15.0 Å². The summed E-state index contributed by atoms with van der Waals surface area (Å²) >= 11 is 0. The van der Waals surface area contributed by atoms with Crippen LogP contribution in [0, 0.1) is 13.8 Å². The lowest BCUT2D eigenvalue weighted by Gasteiger charge is -2.09. The van der Waals surface area contributed by atoms with Gasteiger partial charge >= 0.3 is 5.97 Å². The molecule has 0 amide bonds. The van der Waals surface area contributed by atoms with Crippen LogP contribution in [-0.4, -0.2) is 32.6 Å². The predicted octanol–water partition coefficient (Wildman–Crippen LogP) is 5.05. The second kappa shape index (κ2) is 10.1. The van der Waals surface area contributed by atoms with E-state index in [9.17, 15) is 4.79 Å². The van der Waals surface area contributed by atoms with Crippen molar-refractivity contribution in [2.75, 3.05) is 6.61 Å². The van der Waals surface area contributed by atoms with E-state index in [0.29, 0.717) is 25.3 Å². The van der Waals surface area contributed by atoms with Gasteiger partial charge in [-0.2, -0.15) is 0 Å². The van der Waals surface area contributed by atoms with E-state index in [1.54, 1.807) is 6.20 Å². The van der Waals surface area contributed by atoms with E-state index in [4.69, 9.17) is 14.3 Å². The molecule has 0 aliphatic heterocycles. The van der Waals surface area contributed by atoms with Crippen molar-refractivity contribution in [1.82, 2.24) is 15.0 Å². The highest BCUT2D eigenvalue weighted by Crippen LogP contribution is 2.25. The van der Waals surface area contributed by atoms with Gasteiger partial charge in [-0.3, -0.25) is 4.79 Å². The van der Waals surface area contributed by atoms with E-state index in [1.807, 2.05) is 62.4 Å². The predicted molar refractivity (Wildman–Crippen MR) is 124 cm³/mol.